The molecular formula is C18H18N4. The van der Waals surface area contributed by atoms with E-state index in [4.69, 9.17) is 0 Å². The van der Waals surface area contributed by atoms with Crippen LogP contribution >= 0.6 is 0 Å². The third-order valence-corrected chi connectivity index (χ3v) is 3.57. The van der Waals surface area contributed by atoms with Crippen molar-refractivity contribution in [3.05, 3.63) is 66.1 Å². The van der Waals surface area contributed by atoms with E-state index in [0.29, 0.717) is 5.95 Å². The molecule has 1 aromatic carbocycles. The van der Waals surface area contributed by atoms with Crippen molar-refractivity contribution in [2.75, 3.05) is 5.32 Å². The molecule has 4 heteroatoms. The molecule has 1 N–H and O–H groups in total. The van der Waals surface area contributed by atoms with Crippen molar-refractivity contribution >= 4 is 11.6 Å². The summed E-state index contributed by atoms with van der Waals surface area (Å²) < 4.78 is 0. The van der Waals surface area contributed by atoms with Crippen molar-refractivity contribution in [3.63, 3.8) is 0 Å². The van der Waals surface area contributed by atoms with E-state index in [0.717, 1.165) is 23.4 Å². The lowest BCUT2D eigenvalue weighted by molar-refractivity contribution is 1.13. The molecule has 0 saturated heterocycles. The number of rotatable bonds is 4. The molecule has 0 bridgehead atoms. The molecule has 110 valence electrons. The number of nitrogens with one attached hydrogen (secondary N) is 1. The van der Waals surface area contributed by atoms with Crippen LogP contribution in [0.25, 0.3) is 11.3 Å². The van der Waals surface area contributed by atoms with Gasteiger partial charge in [-0.05, 0) is 48.7 Å². The zero-order valence-corrected chi connectivity index (χ0v) is 12.7. The molecule has 0 aliphatic heterocycles. The zero-order valence-electron chi connectivity index (χ0n) is 12.7. The van der Waals surface area contributed by atoms with Crippen LogP contribution in [-0.4, -0.2) is 15.0 Å². The van der Waals surface area contributed by atoms with E-state index in [1.807, 2.05) is 18.2 Å². The average molecular weight is 290 g/mol. The fraction of sp³-hybridized carbons (Fsp3) is 0.167. The van der Waals surface area contributed by atoms with Gasteiger partial charge in [-0.25, -0.2) is 9.97 Å². The van der Waals surface area contributed by atoms with Gasteiger partial charge >= 0.3 is 0 Å². The number of aryl methyl sites for hydroxylation is 2. The number of hydrogen-bond acceptors (Lipinski definition) is 4. The fourth-order valence-corrected chi connectivity index (χ4v) is 2.24. The van der Waals surface area contributed by atoms with Crippen LogP contribution in [-0.2, 0) is 6.42 Å². The molecule has 4 nitrogen and oxygen atoms in total. The second-order valence-corrected chi connectivity index (χ2v) is 5.14. The molecule has 2 aromatic heterocycles. The maximum Gasteiger partial charge on any atom is 0.227 e. The standard InChI is InChI=1S/C18H18N4/c1-3-14-7-6-13(2)17(11-14)22-18-20-10-8-16(21-18)15-5-4-9-19-12-15/h4-12H,3H2,1-2H3,(H,20,21,22). The molecule has 22 heavy (non-hydrogen) atoms. The third kappa shape index (κ3) is 3.11. The van der Waals surface area contributed by atoms with Gasteiger partial charge in [0.05, 0.1) is 5.69 Å². The van der Waals surface area contributed by atoms with E-state index < -0.39 is 0 Å². The van der Waals surface area contributed by atoms with Gasteiger partial charge in [0.2, 0.25) is 5.95 Å². The fourth-order valence-electron chi connectivity index (χ4n) is 2.24. The molecule has 0 saturated carbocycles. The SMILES string of the molecule is CCc1ccc(C)c(Nc2nccc(-c3cccnc3)n2)c1. The lowest BCUT2D eigenvalue weighted by Crippen LogP contribution is -2.00. The van der Waals surface area contributed by atoms with Gasteiger partial charge in [-0.1, -0.05) is 19.1 Å². The molecule has 0 unspecified atom stereocenters. The molecule has 3 aromatic rings. The van der Waals surface area contributed by atoms with Crippen LogP contribution < -0.4 is 5.32 Å². The van der Waals surface area contributed by atoms with Gasteiger partial charge in [0.15, 0.2) is 0 Å². The Morgan fingerprint density at radius 2 is 2.00 bits per heavy atom. The van der Waals surface area contributed by atoms with Gasteiger partial charge in [-0.15, -0.1) is 0 Å². The highest BCUT2D eigenvalue weighted by Gasteiger charge is 2.05. The first-order valence-corrected chi connectivity index (χ1v) is 7.36. The Balaban J connectivity index is 1.90. The van der Waals surface area contributed by atoms with Crippen LogP contribution in [0.5, 0.6) is 0 Å². The molecule has 0 aliphatic rings. The van der Waals surface area contributed by atoms with Crippen molar-refractivity contribution < 1.29 is 0 Å². The largest absolute Gasteiger partial charge is 0.324 e. The van der Waals surface area contributed by atoms with Crippen LogP contribution in [0.3, 0.4) is 0 Å². The molecule has 0 amide bonds. The van der Waals surface area contributed by atoms with Crippen molar-refractivity contribution in [1.82, 2.24) is 15.0 Å². The summed E-state index contributed by atoms with van der Waals surface area (Å²) in [7, 11) is 0. The highest BCUT2D eigenvalue weighted by Crippen LogP contribution is 2.22. The highest BCUT2D eigenvalue weighted by atomic mass is 15.1. The summed E-state index contributed by atoms with van der Waals surface area (Å²) >= 11 is 0. The summed E-state index contributed by atoms with van der Waals surface area (Å²) in [6, 6.07) is 12.2. The van der Waals surface area contributed by atoms with Gasteiger partial charge in [0.25, 0.3) is 0 Å². The molecule has 0 atom stereocenters. The topological polar surface area (TPSA) is 50.7 Å². The summed E-state index contributed by atoms with van der Waals surface area (Å²) in [6.45, 7) is 4.22. The first kappa shape index (κ1) is 14.2. The van der Waals surface area contributed by atoms with E-state index in [2.05, 4.69) is 52.3 Å². The monoisotopic (exact) mass is 290 g/mol. The molecule has 0 fully saturated rings. The number of hydrogen-bond donors (Lipinski definition) is 1. The molecule has 0 spiro atoms. The Morgan fingerprint density at radius 3 is 2.77 bits per heavy atom. The maximum atomic E-state index is 4.57. The van der Waals surface area contributed by atoms with Crippen LogP contribution in [0.15, 0.2) is 55.0 Å². The van der Waals surface area contributed by atoms with E-state index in [1.165, 1.54) is 11.1 Å². The van der Waals surface area contributed by atoms with Gasteiger partial charge in [-0.2, -0.15) is 0 Å². The third-order valence-electron chi connectivity index (χ3n) is 3.57. The van der Waals surface area contributed by atoms with Gasteiger partial charge in [0.1, 0.15) is 0 Å². The van der Waals surface area contributed by atoms with E-state index >= 15 is 0 Å². The second kappa shape index (κ2) is 6.35. The van der Waals surface area contributed by atoms with Gasteiger partial charge < -0.3 is 5.32 Å². The smallest absolute Gasteiger partial charge is 0.227 e. The Bertz CT molecular complexity index is 769. The van der Waals surface area contributed by atoms with Crippen LogP contribution in [0.4, 0.5) is 11.6 Å². The lowest BCUT2D eigenvalue weighted by Gasteiger charge is -2.10. The van der Waals surface area contributed by atoms with Crippen molar-refractivity contribution in [1.29, 1.82) is 0 Å². The van der Waals surface area contributed by atoms with Gasteiger partial charge in [-0.3, -0.25) is 4.98 Å². The van der Waals surface area contributed by atoms with Crippen molar-refractivity contribution in [3.8, 4) is 11.3 Å². The maximum absolute atomic E-state index is 4.57. The number of benzene rings is 1. The van der Waals surface area contributed by atoms with Gasteiger partial charge in [0, 0.05) is 29.8 Å². The summed E-state index contributed by atoms with van der Waals surface area (Å²) in [6.07, 6.45) is 6.32. The Labute approximate surface area is 130 Å². The highest BCUT2D eigenvalue weighted by molar-refractivity contribution is 5.63. The zero-order chi connectivity index (χ0) is 15.4. The average Bonchev–Trinajstić information content (AvgIpc) is 2.58. The molecule has 2 heterocycles. The van der Waals surface area contributed by atoms with Crippen LogP contribution in [0, 0.1) is 6.92 Å². The Morgan fingerprint density at radius 1 is 1.09 bits per heavy atom. The first-order valence-electron chi connectivity index (χ1n) is 7.36. The minimum atomic E-state index is 0.595. The Hall–Kier alpha value is -2.75. The number of anilines is 2. The number of nitrogens with zero attached hydrogens (tertiary/aromatic N) is 3. The first-order chi connectivity index (χ1) is 10.8. The second-order valence-electron chi connectivity index (χ2n) is 5.14. The predicted molar refractivity (Wildman–Crippen MR) is 89.1 cm³/mol. The molecule has 0 radical (unpaired) electrons. The summed E-state index contributed by atoms with van der Waals surface area (Å²) in [4.78, 5) is 13.0. The van der Waals surface area contributed by atoms with E-state index in [-0.39, 0.29) is 0 Å². The minimum absolute atomic E-state index is 0.595. The quantitative estimate of drug-likeness (QED) is 0.784. The van der Waals surface area contributed by atoms with Crippen molar-refractivity contribution in [2.45, 2.75) is 20.3 Å². The predicted octanol–water partition coefficient (Wildman–Crippen LogP) is 4.15. The summed E-state index contributed by atoms with van der Waals surface area (Å²) in [5.41, 5.74) is 5.34. The normalized spacial score (nSPS) is 10.5. The van der Waals surface area contributed by atoms with Crippen LogP contribution in [0.2, 0.25) is 0 Å². The molecule has 3 rings (SSSR count). The Kier molecular flexibility index (Phi) is 4.10. The summed E-state index contributed by atoms with van der Waals surface area (Å²) in [5.74, 6) is 0.595. The molecular weight excluding hydrogens is 272 g/mol. The molecule has 0 aliphatic carbocycles. The lowest BCUT2D eigenvalue weighted by atomic mass is 10.1. The number of pyridine rings is 1. The summed E-state index contributed by atoms with van der Waals surface area (Å²) in [5, 5.41) is 3.31. The van der Waals surface area contributed by atoms with Crippen molar-refractivity contribution in [2.24, 2.45) is 0 Å². The van der Waals surface area contributed by atoms with E-state index in [9.17, 15) is 0 Å². The van der Waals surface area contributed by atoms with E-state index in [1.54, 1.807) is 18.6 Å². The number of aromatic nitrogens is 3. The van der Waals surface area contributed by atoms with Crippen LogP contribution in [0.1, 0.15) is 18.1 Å². The minimum Gasteiger partial charge on any atom is -0.324 e.